The quantitative estimate of drug-likeness (QED) is 0.598. The fourth-order valence-electron chi connectivity index (χ4n) is 3.15. The number of carbonyl (C=O) groups is 1. The Balaban J connectivity index is 1.37. The summed E-state index contributed by atoms with van der Waals surface area (Å²) >= 11 is 1.60. The number of anilines is 1. The first-order valence-corrected chi connectivity index (χ1v) is 9.03. The minimum absolute atomic E-state index is 0.110. The van der Waals surface area contributed by atoms with Crippen molar-refractivity contribution >= 4 is 27.8 Å². The predicted octanol–water partition coefficient (Wildman–Crippen LogP) is 4.41. The molecule has 1 aliphatic rings. The van der Waals surface area contributed by atoms with E-state index in [-0.39, 0.29) is 5.91 Å². The van der Waals surface area contributed by atoms with Crippen LogP contribution in [0.25, 0.3) is 16.0 Å². The molecule has 4 nitrogen and oxygen atoms in total. The van der Waals surface area contributed by atoms with Gasteiger partial charge in [-0.3, -0.25) is 4.79 Å². The van der Waals surface area contributed by atoms with Crippen LogP contribution in [0.15, 0.2) is 61.2 Å². The van der Waals surface area contributed by atoms with Crippen molar-refractivity contribution in [3.05, 3.63) is 77.9 Å². The highest BCUT2D eigenvalue weighted by Crippen LogP contribution is 2.34. The number of imidazole rings is 1. The van der Waals surface area contributed by atoms with E-state index < -0.39 is 0 Å². The molecule has 1 aromatic carbocycles. The Hall–Kier alpha value is -2.92. The number of aromatic nitrogens is 2. The molecule has 1 aliphatic carbocycles. The summed E-state index contributed by atoms with van der Waals surface area (Å²) in [5.41, 5.74) is 5.72. The number of carbonyl (C=O) groups excluding carboxylic acids is 1. The summed E-state index contributed by atoms with van der Waals surface area (Å²) in [6, 6.07) is 14.4. The van der Waals surface area contributed by atoms with Crippen molar-refractivity contribution in [3.63, 3.8) is 0 Å². The largest absolute Gasteiger partial charge is 0.314 e. The van der Waals surface area contributed by atoms with Gasteiger partial charge in [-0.05, 0) is 53.8 Å². The van der Waals surface area contributed by atoms with Gasteiger partial charge >= 0.3 is 0 Å². The lowest BCUT2D eigenvalue weighted by Crippen LogP contribution is -2.11. The summed E-state index contributed by atoms with van der Waals surface area (Å²) < 4.78 is 1.84. The van der Waals surface area contributed by atoms with Crippen LogP contribution in [0.3, 0.4) is 0 Å². The molecular formula is C20H15N3OS. The van der Waals surface area contributed by atoms with Crippen molar-refractivity contribution in [3.8, 4) is 10.4 Å². The number of fused-ring (bicyclic) bond motifs is 2. The number of pyridine rings is 1. The minimum Gasteiger partial charge on any atom is -0.314 e. The molecule has 0 saturated heterocycles. The Labute approximate surface area is 148 Å². The fraction of sp³-hybridized carbons (Fsp3) is 0.100. The summed E-state index contributed by atoms with van der Waals surface area (Å²) in [6.45, 7) is 0. The molecule has 0 spiro atoms. The highest BCUT2D eigenvalue weighted by Gasteiger charge is 2.15. The number of amides is 1. The maximum Gasteiger partial charge on any atom is 0.257 e. The Bertz CT molecular complexity index is 1110. The number of aryl methyl sites for hydroxylation is 2. The predicted molar refractivity (Wildman–Crippen MR) is 100 cm³/mol. The molecule has 5 heteroatoms. The maximum atomic E-state index is 12.5. The number of nitrogens with zero attached hydrogens (tertiary/aromatic N) is 2. The average Bonchev–Trinajstić information content (AvgIpc) is 3.24. The molecule has 4 aromatic rings. The van der Waals surface area contributed by atoms with E-state index in [1.165, 1.54) is 34.4 Å². The van der Waals surface area contributed by atoms with Crippen LogP contribution >= 0.6 is 11.3 Å². The van der Waals surface area contributed by atoms with Crippen LogP contribution in [0.2, 0.25) is 0 Å². The second-order valence-electron chi connectivity index (χ2n) is 6.25. The number of hydrogen-bond acceptors (Lipinski definition) is 3. The molecule has 25 heavy (non-hydrogen) atoms. The SMILES string of the molecule is O=C(Nc1ccc(-c2ccc3c(c2)CC3)s1)c1ccc2cncn2c1. The van der Waals surface area contributed by atoms with Crippen LogP contribution in [-0.2, 0) is 12.8 Å². The van der Waals surface area contributed by atoms with Gasteiger partial charge in [0, 0.05) is 11.1 Å². The van der Waals surface area contributed by atoms with Crippen LogP contribution < -0.4 is 5.32 Å². The fourth-order valence-corrected chi connectivity index (χ4v) is 4.04. The Morgan fingerprint density at radius 1 is 1.08 bits per heavy atom. The van der Waals surface area contributed by atoms with Gasteiger partial charge in [-0.2, -0.15) is 0 Å². The molecule has 5 rings (SSSR count). The summed E-state index contributed by atoms with van der Waals surface area (Å²) in [6.07, 6.45) is 7.63. The van der Waals surface area contributed by atoms with Crippen molar-refractivity contribution in [1.29, 1.82) is 0 Å². The number of hydrogen-bond donors (Lipinski definition) is 1. The van der Waals surface area contributed by atoms with Gasteiger partial charge in [0.25, 0.3) is 5.91 Å². The first kappa shape index (κ1) is 14.4. The smallest absolute Gasteiger partial charge is 0.257 e. The van der Waals surface area contributed by atoms with Crippen molar-refractivity contribution < 1.29 is 4.79 Å². The van der Waals surface area contributed by atoms with Crippen molar-refractivity contribution in [1.82, 2.24) is 9.38 Å². The van der Waals surface area contributed by atoms with E-state index in [4.69, 9.17) is 0 Å². The van der Waals surface area contributed by atoms with E-state index in [0.29, 0.717) is 5.56 Å². The molecule has 0 radical (unpaired) electrons. The van der Waals surface area contributed by atoms with E-state index >= 15 is 0 Å². The highest BCUT2D eigenvalue weighted by molar-refractivity contribution is 7.19. The average molecular weight is 345 g/mol. The van der Waals surface area contributed by atoms with E-state index in [0.717, 1.165) is 10.5 Å². The highest BCUT2D eigenvalue weighted by atomic mass is 32.1. The van der Waals surface area contributed by atoms with Gasteiger partial charge in [0.1, 0.15) is 0 Å². The van der Waals surface area contributed by atoms with E-state index in [2.05, 4.69) is 34.6 Å². The zero-order valence-corrected chi connectivity index (χ0v) is 14.2. The van der Waals surface area contributed by atoms with Crippen molar-refractivity contribution in [2.45, 2.75) is 12.8 Å². The second kappa shape index (κ2) is 5.57. The first-order chi connectivity index (χ1) is 12.3. The molecule has 0 fully saturated rings. The summed E-state index contributed by atoms with van der Waals surface area (Å²) in [5.74, 6) is -0.110. The summed E-state index contributed by atoms with van der Waals surface area (Å²) in [4.78, 5) is 17.7. The molecular weight excluding hydrogens is 330 g/mol. The van der Waals surface area contributed by atoms with Crippen LogP contribution in [0, 0.1) is 0 Å². The Kier molecular flexibility index (Phi) is 3.21. The molecule has 0 aliphatic heterocycles. The molecule has 122 valence electrons. The van der Waals surface area contributed by atoms with Gasteiger partial charge < -0.3 is 9.72 Å². The van der Waals surface area contributed by atoms with Gasteiger partial charge in [0.2, 0.25) is 0 Å². The molecule has 0 unspecified atom stereocenters. The third-order valence-electron chi connectivity index (χ3n) is 4.67. The first-order valence-electron chi connectivity index (χ1n) is 8.21. The van der Waals surface area contributed by atoms with Gasteiger partial charge in [0.05, 0.1) is 28.6 Å². The van der Waals surface area contributed by atoms with Gasteiger partial charge in [-0.15, -0.1) is 11.3 Å². The third-order valence-corrected chi connectivity index (χ3v) is 5.72. The summed E-state index contributed by atoms with van der Waals surface area (Å²) in [5, 5.41) is 3.85. The van der Waals surface area contributed by atoms with Crippen LogP contribution in [0.5, 0.6) is 0 Å². The number of rotatable bonds is 3. The Morgan fingerprint density at radius 2 is 2.00 bits per heavy atom. The zero-order chi connectivity index (χ0) is 16.8. The monoisotopic (exact) mass is 345 g/mol. The van der Waals surface area contributed by atoms with Crippen LogP contribution in [0.4, 0.5) is 5.00 Å². The van der Waals surface area contributed by atoms with E-state index in [1.807, 2.05) is 22.6 Å². The van der Waals surface area contributed by atoms with E-state index in [9.17, 15) is 4.79 Å². The lowest BCUT2D eigenvalue weighted by Gasteiger charge is -2.18. The zero-order valence-electron chi connectivity index (χ0n) is 13.4. The molecule has 0 atom stereocenters. The van der Waals surface area contributed by atoms with Crippen molar-refractivity contribution in [2.24, 2.45) is 0 Å². The normalized spacial score (nSPS) is 12.6. The minimum atomic E-state index is -0.110. The molecule has 1 amide bonds. The molecule has 3 aromatic heterocycles. The number of thiophene rings is 1. The Morgan fingerprint density at radius 3 is 2.84 bits per heavy atom. The molecule has 0 bridgehead atoms. The lowest BCUT2D eigenvalue weighted by atomic mass is 9.87. The number of nitrogens with one attached hydrogen (secondary N) is 1. The lowest BCUT2D eigenvalue weighted by molar-refractivity contribution is 0.102. The van der Waals surface area contributed by atoms with E-state index in [1.54, 1.807) is 30.1 Å². The van der Waals surface area contributed by atoms with Gasteiger partial charge in [-0.1, -0.05) is 18.2 Å². The summed E-state index contributed by atoms with van der Waals surface area (Å²) in [7, 11) is 0. The molecule has 3 heterocycles. The topological polar surface area (TPSA) is 46.4 Å². The number of benzene rings is 1. The second-order valence-corrected chi connectivity index (χ2v) is 7.33. The van der Waals surface area contributed by atoms with Gasteiger partial charge in [0.15, 0.2) is 0 Å². The van der Waals surface area contributed by atoms with Crippen LogP contribution in [0.1, 0.15) is 21.5 Å². The standard InChI is InChI=1S/C20H15N3OS/c24-20(16-5-6-17-10-21-12-23(17)11-16)22-19-8-7-18(25-19)15-4-2-13-1-3-14(13)9-15/h2,4-12H,1,3H2,(H,22,24). The molecule has 0 saturated carbocycles. The maximum absolute atomic E-state index is 12.5. The van der Waals surface area contributed by atoms with Crippen LogP contribution in [-0.4, -0.2) is 15.3 Å². The third kappa shape index (κ3) is 2.53. The molecule has 1 N–H and O–H groups in total. The van der Waals surface area contributed by atoms with Crippen molar-refractivity contribution in [2.75, 3.05) is 5.32 Å². The van der Waals surface area contributed by atoms with Gasteiger partial charge in [-0.25, -0.2) is 4.98 Å².